The molecule has 2 amide bonds. The fraction of sp³-hybridized carbons (Fsp3) is 0.641. The second kappa shape index (κ2) is 13.7. The number of aromatic nitrogens is 2. The largest absolute Gasteiger partial charge is 0.456 e. The van der Waals surface area contributed by atoms with E-state index in [2.05, 4.69) is 17.2 Å². The summed E-state index contributed by atoms with van der Waals surface area (Å²) in [6.45, 7) is 12.2. The summed E-state index contributed by atoms with van der Waals surface area (Å²) in [5.41, 5.74) is -6.61. The van der Waals surface area contributed by atoms with E-state index in [0.717, 1.165) is 9.13 Å². The first kappa shape index (κ1) is 39.8. The van der Waals surface area contributed by atoms with Gasteiger partial charge in [0, 0.05) is 73.4 Å². The Morgan fingerprint density at radius 1 is 1.02 bits per heavy atom. The molecule has 0 unspecified atom stereocenters. The van der Waals surface area contributed by atoms with Crippen LogP contribution >= 0.6 is 0 Å². The van der Waals surface area contributed by atoms with Crippen LogP contribution in [0, 0.1) is 16.7 Å². The maximum atomic E-state index is 15.2. The van der Waals surface area contributed by atoms with Crippen LogP contribution in [0.4, 0.5) is 8.78 Å². The Balaban J connectivity index is 1.02. The number of esters is 1. The van der Waals surface area contributed by atoms with Crippen molar-refractivity contribution in [3.05, 3.63) is 60.2 Å². The number of aryl methyl sites for hydroxylation is 1. The van der Waals surface area contributed by atoms with Gasteiger partial charge in [-0.2, -0.15) is 8.78 Å². The van der Waals surface area contributed by atoms with Crippen LogP contribution in [-0.2, 0) is 47.7 Å². The summed E-state index contributed by atoms with van der Waals surface area (Å²) in [6.07, 6.45) is -4.55. The molecule has 13 nitrogen and oxygen atoms in total. The van der Waals surface area contributed by atoms with E-state index in [1.165, 1.54) is 19.2 Å². The number of nitrogens with zero attached hydrogens (tertiary/aromatic N) is 2. The van der Waals surface area contributed by atoms with Gasteiger partial charge in [-0.25, -0.2) is 0 Å². The van der Waals surface area contributed by atoms with Gasteiger partial charge in [0.15, 0.2) is 17.5 Å². The maximum Gasteiger partial charge on any atom is 0.421 e. The van der Waals surface area contributed by atoms with Gasteiger partial charge in [0.2, 0.25) is 11.8 Å². The Bertz CT molecular complexity index is 1840. The number of amides is 2. The van der Waals surface area contributed by atoms with Gasteiger partial charge in [-0.3, -0.25) is 28.3 Å². The Kier molecular flexibility index (Phi) is 10.1. The minimum Gasteiger partial charge on any atom is -0.456 e. The monoisotopic (exact) mass is 758 g/mol. The number of ether oxygens (including phenoxy) is 2. The van der Waals surface area contributed by atoms with Crippen LogP contribution in [0.1, 0.15) is 90.2 Å². The van der Waals surface area contributed by atoms with Gasteiger partial charge in [0.05, 0.1) is 24.2 Å². The minimum atomic E-state index is -3.29. The van der Waals surface area contributed by atoms with E-state index in [9.17, 15) is 34.5 Å². The number of nitrogens with one attached hydrogen (secondary N) is 2. The highest BCUT2D eigenvalue weighted by Gasteiger charge is 2.81. The quantitative estimate of drug-likeness (QED) is 0.131. The van der Waals surface area contributed by atoms with Gasteiger partial charge in [-0.05, 0) is 62.8 Å². The fourth-order valence-electron chi connectivity index (χ4n) is 10.0. The molecule has 296 valence electrons. The molecule has 0 radical (unpaired) electrons. The van der Waals surface area contributed by atoms with Gasteiger partial charge >= 0.3 is 12.1 Å². The van der Waals surface area contributed by atoms with Crippen molar-refractivity contribution in [2.75, 3.05) is 13.1 Å². The molecule has 1 saturated heterocycles. The highest BCUT2D eigenvalue weighted by atomic mass is 19.3. The first-order chi connectivity index (χ1) is 25.2. The topological polar surface area (TPSA) is 181 Å². The Morgan fingerprint density at radius 3 is 2.35 bits per heavy atom. The Labute approximate surface area is 313 Å². The molecule has 54 heavy (non-hydrogen) atoms. The van der Waals surface area contributed by atoms with Crippen molar-refractivity contribution >= 4 is 23.6 Å². The van der Waals surface area contributed by atoms with Gasteiger partial charge in [0.25, 0.3) is 0 Å². The maximum absolute atomic E-state index is 15.2. The lowest BCUT2D eigenvalue weighted by atomic mass is 9.40. The zero-order valence-corrected chi connectivity index (χ0v) is 31.5. The molecule has 2 saturated carbocycles. The first-order valence-corrected chi connectivity index (χ1v) is 18.6. The van der Waals surface area contributed by atoms with E-state index in [0.29, 0.717) is 29.9 Å². The average Bonchev–Trinajstić information content (AvgIpc) is 3.75. The highest BCUT2D eigenvalue weighted by Crippen LogP contribution is 2.67. The van der Waals surface area contributed by atoms with E-state index in [4.69, 9.17) is 9.47 Å². The van der Waals surface area contributed by atoms with Crippen LogP contribution in [-0.4, -0.2) is 96.2 Å². The van der Waals surface area contributed by atoms with Gasteiger partial charge in [0.1, 0.15) is 5.60 Å². The Hall–Kier alpha value is -3.92. The molecule has 4 heterocycles. The molecular weight excluding hydrogens is 706 g/mol. The smallest absolute Gasteiger partial charge is 0.421 e. The number of aliphatic hydroxyl groups is 3. The van der Waals surface area contributed by atoms with E-state index in [1.807, 2.05) is 13.8 Å². The second-order valence-electron chi connectivity index (χ2n) is 16.6. The normalized spacial score (nSPS) is 34.7. The molecule has 2 aliphatic heterocycles. The number of carbonyl (C=O) groups excluding carboxylic acids is 4. The first-order valence-electron chi connectivity index (χ1n) is 18.6. The third-order valence-electron chi connectivity index (χ3n) is 12.7. The number of carbonyl (C=O) groups is 4. The molecule has 6 rings (SSSR count). The van der Waals surface area contributed by atoms with E-state index in [1.54, 1.807) is 38.1 Å². The fourth-order valence-corrected chi connectivity index (χ4v) is 10.0. The van der Waals surface area contributed by atoms with Gasteiger partial charge in [-0.15, -0.1) is 6.58 Å². The summed E-state index contributed by atoms with van der Waals surface area (Å²) in [5, 5.41) is 41.2. The number of halogens is 2. The zero-order chi connectivity index (χ0) is 39.6. The molecule has 0 aromatic carbocycles. The standard InChI is InChI=1S/C39H52F2N4O9/c1-7-35(4)22-27(47)38(52)36(5)26(46)16-17-34(2,3)32(36)31(51)33(37(38,6)54-35)53-30(50)15-14-29(49)43-19-18-42-28(48)13-12-23-10-11-25-21-24-9-8-20-44(24)39(40,41)45(23)25/h7-11,20,26,31-33,46,51-52H,1,12-19,21-22H2,2-6H3,(H,42,48)(H,43,49)/t26-,31-,32-,33-,35-,36-,37+,38-/m0/s1. The van der Waals surface area contributed by atoms with Crippen molar-refractivity contribution in [3.8, 4) is 0 Å². The van der Waals surface area contributed by atoms with Crippen molar-refractivity contribution in [2.45, 2.75) is 127 Å². The summed E-state index contributed by atoms with van der Waals surface area (Å²) < 4.78 is 44.5. The SMILES string of the molecule is C=C[C@@]1(C)CC(=O)[C@]2(O)[C@@]3(C)[C@@H](O)CCC(C)(C)[C@@H]3[C@H](O)[C@H](OC(=O)CCC(=O)NCCNC(=O)CCc3ccc4n3C(F)(F)n3cccc3C4)[C@@]2(C)O1. The predicted molar refractivity (Wildman–Crippen MR) is 190 cm³/mol. The molecule has 15 heteroatoms. The number of rotatable bonds is 11. The number of hydrogen-bond donors (Lipinski definition) is 5. The number of aliphatic hydroxyl groups excluding tert-OH is 2. The molecular formula is C39H52F2N4O9. The van der Waals surface area contributed by atoms with E-state index >= 15 is 8.78 Å². The van der Waals surface area contributed by atoms with Crippen LogP contribution in [0.2, 0.25) is 0 Å². The summed E-state index contributed by atoms with van der Waals surface area (Å²) >= 11 is 0. The number of alkyl halides is 2. The number of ketones is 1. The van der Waals surface area contributed by atoms with Crippen LogP contribution in [0.3, 0.4) is 0 Å². The van der Waals surface area contributed by atoms with Crippen molar-refractivity contribution in [1.29, 1.82) is 0 Å². The number of Topliss-reactive ketones (excluding diaryl/α,β-unsaturated/α-hetero) is 1. The number of hydrogen-bond acceptors (Lipinski definition) is 9. The molecule has 5 N–H and O–H groups in total. The molecule has 2 aromatic rings. The van der Waals surface area contributed by atoms with Gasteiger partial charge < -0.3 is 35.4 Å². The van der Waals surface area contributed by atoms with Crippen molar-refractivity contribution < 1.29 is 52.8 Å². The van der Waals surface area contributed by atoms with Crippen molar-refractivity contribution in [1.82, 2.24) is 19.8 Å². The number of fused-ring (bicyclic) bond motifs is 5. The molecule has 2 aliphatic carbocycles. The molecule has 4 aliphatic rings. The van der Waals surface area contributed by atoms with Crippen LogP contribution < -0.4 is 10.6 Å². The summed E-state index contributed by atoms with van der Waals surface area (Å²) in [6, 6.07) is 6.46. The van der Waals surface area contributed by atoms with Crippen molar-refractivity contribution in [3.63, 3.8) is 0 Å². The zero-order valence-electron chi connectivity index (χ0n) is 31.5. The highest BCUT2D eigenvalue weighted by molar-refractivity contribution is 5.92. The van der Waals surface area contributed by atoms with Crippen molar-refractivity contribution in [2.24, 2.45) is 16.7 Å². The predicted octanol–water partition coefficient (Wildman–Crippen LogP) is 2.71. The molecule has 3 fully saturated rings. The Morgan fingerprint density at radius 2 is 1.69 bits per heavy atom. The van der Waals surface area contributed by atoms with Crippen LogP contribution in [0.25, 0.3) is 0 Å². The summed E-state index contributed by atoms with van der Waals surface area (Å²) in [4.78, 5) is 52.5. The third-order valence-corrected chi connectivity index (χ3v) is 12.7. The third kappa shape index (κ3) is 6.11. The molecule has 8 atom stereocenters. The molecule has 0 bridgehead atoms. The van der Waals surface area contributed by atoms with Crippen LogP contribution in [0.15, 0.2) is 43.1 Å². The lowest BCUT2D eigenvalue weighted by Gasteiger charge is -2.71. The molecule has 0 spiro atoms. The lowest BCUT2D eigenvalue weighted by Crippen LogP contribution is -2.86. The second-order valence-corrected chi connectivity index (χ2v) is 16.6. The lowest BCUT2D eigenvalue weighted by molar-refractivity contribution is -0.370. The van der Waals surface area contributed by atoms with Gasteiger partial charge in [-0.1, -0.05) is 26.8 Å². The van der Waals surface area contributed by atoms with Crippen LogP contribution in [0.5, 0.6) is 0 Å². The van der Waals surface area contributed by atoms with E-state index < -0.39 is 82.1 Å². The summed E-state index contributed by atoms with van der Waals surface area (Å²) in [5.74, 6) is -3.29. The average molecular weight is 759 g/mol. The van der Waals surface area contributed by atoms with E-state index in [-0.39, 0.29) is 51.1 Å². The molecule has 2 aromatic heterocycles. The minimum absolute atomic E-state index is 0.0365. The summed E-state index contributed by atoms with van der Waals surface area (Å²) in [7, 11) is 0.